The number of ether oxygens (including phenoxy) is 1. The van der Waals surface area contributed by atoms with Crippen LogP contribution in [0.25, 0.3) is 0 Å². The topological polar surface area (TPSA) is 59.1 Å². The number of aryl methyl sites for hydroxylation is 2. The Morgan fingerprint density at radius 2 is 1.81 bits per heavy atom. The quantitative estimate of drug-likeness (QED) is 0.658. The second-order valence-electron chi connectivity index (χ2n) is 6.26. The van der Waals surface area contributed by atoms with E-state index in [1.54, 1.807) is 13.4 Å². The zero-order valence-electron chi connectivity index (χ0n) is 15.4. The summed E-state index contributed by atoms with van der Waals surface area (Å²) in [5, 5.41) is 6.70. The molecule has 0 saturated carbocycles. The molecular weight excluding hydrogens is 324 g/mol. The van der Waals surface area contributed by atoms with Crippen LogP contribution in [0.4, 0.5) is 17.3 Å². The zero-order valence-corrected chi connectivity index (χ0v) is 15.4. The van der Waals surface area contributed by atoms with Gasteiger partial charge in [0.05, 0.1) is 7.11 Å². The predicted molar refractivity (Wildman–Crippen MR) is 106 cm³/mol. The minimum absolute atomic E-state index is 0.774. The van der Waals surface area contributed by atoms with E-state index in [2.05, 4.69) is 64.8 Å². The van der Waals surface area contributed by atoms with E-state index >= 15 is 0 Å². The number of rotatable bonds is 7. The number of nitrogens with zero attached hydrogens (tertiary/aromatic N) is 2. The predicted octanol–water partition coefficient (Wildman–Crippen LogP) is 4.50. The Bertz CT molecular complexity index is 879. The van der Waals surface area contributed by atoms with Gasteiger partial charge in [-0.05, 0) is 49.6 Å². The van der Waals surface area contributed by atoms with Crippen LogP contribution in [0, 0.1) is 13.8 Å². The van der Waals surface area contributed by atoms with Gasteiger partial charge >= 0.3 is 0 Å². The number of nitrogens with one attached hydrogen (secondary N) is 2. The van der Waals surface area contributed by atoms with Crippen molar-refractivity contribution in [1.29, 1.82) is 0 Å². The first-order chi connectivity index (χ1) is 12.6. The lowest BCUT2D eigenvalue weighted by molar-refractivity contribution is 0.414. The van der Waals surface area contributed by atoms with E-state index in [-0.39, 0.29) is 0 Å². The van der Waals surface area contributed by atoms with Crippen LogP contribution in [-0.4, -0.2) is 23.6 Å². The summed E-state index contributed by atoms with van der Waals surface area (Å²) in [4.78, 5) is 8.60. The SMILES string of the molecule is COc1cccc(CCNc2cc(Nc3ccc(C)cc3C)ncn2)c1. The molecule has 5 nitrogen and oxygen atoms in total. The summed E-state index contributed by atoms with van der Waals surface area (Å²) in [6.07, 6.45) is 2.46. The van der Waals surface area contributed by atoms with Crippen LogP contribution in [-0.2, 0) is 6.42 Å². The van der Waals surface area contributed by atoms with Gasteiger partial charge < -0.3 is 15.4 Å². The van der Waals surface area contributed by atoms with E-state index in [4.69, 9.17) is 4.74 Å². The molecular formula is C21H24N4O. The van der Waals surface area contributed by atoms with E-state index in [0.29, 0.717) is 0 Å². The Labute approximate surface area is 154 Å². The van der Waals surface area contributed by atoms with Crippen molar-refractivity contribution < 1.29 is 4.74 Å². The molecule has 0 aliphatic heterocycles. The standard InChI is InChI=1S/C21H24N4O/c1-15-7-8-19(16(2)11-15)25-21-13-20(23-14-24-21)22-10-9-17-5-4-6-18(12-17)26-3/h4-8,11-14H,9-10H2,1-3H3,(H2,22,23,24,25). The van der Waals surface area contributed by atoms with Gasteiger partial charge in [0.15, 0.2) is 0 Å². The van der Waals surface area contributed by atoms with Crippen LogP contribution in [0.3, 0.4) is 0 Å². The van der Waals surface area contributed by atoms with Gasteiger partial charge in [0.2, 0.25) is 0 Å². The molecule has 0 unspecified atom stereocenters. The van der Waals surface area contributed by atoms with E-state index in [0.717, 1.165) is 36.0 Å². The maximum absolute atomic E-state index is 5.26. The van der Waals surface area contributed by atoms with Gasteiger partial charge in [-0.15, -0.1) is 0 Å². The van der Waals surface area contributed by atoms with E-state index in [1.165, 1.54) is 16.7 Å². The minimum atomic E-state index is 0.774. The Morgan fingerprint density at radius 3 is 2.62 bits per heavy atom. The van der Waals surface area contributed by atoms with Crippen molar-refractivity contribution in [1.82, 2.24) is 9.97 Å². The third-order valence-corrected chi connectivity index (χ3v) is 4.17. The molecule has 3 aromatic rings. The molecule has 2 N–H and O–H groups in total. The van der Waals surface area contributed by atoms with Crippen molar-refractivity contribution in [2.45, 2.75) is 20.3 Å². The molecule has 3 rings (SSSR count). The molecule has 134 valence electrons. The molecule has 26 heavy (non-hydrogen) atoms. The first kappa shape index (κ1) is 17.7. The maximum atomic E-state index is 5.26. The Hall–Kier alpha value is -3.08. The molecule has 2 aromatic carbocycles. The zero-order chi connectivity index (χ0) is 18.4. The van der Waals surface area contributed by atoms with Crippen LogP contribution in [0.1, 0.15) is 16.7 Å². The van der Waals surface area contributed by atoms with Crippen molar-refractivity contribution in [3.05, 3.63) is 71.5 Å². The molecule has 0 fully saturated rings. The summed E-state index contributed by atoms with van der Waals surface area (Å²) in [5.74, 6) is 2.45. The normalized spacial score (nSPS) is 10.4. The van der Waals surface area contributed by atoms with Crippen molar-refractivity contribution in [2.24, 2.45) is 0 Å². The molecule has 0 bridgehead atoms. The number of benzene rings is 2. The molecule has 1 aromatic heterocycles. The average molecular weight is 348 g/mol. The molecule has 0 amide bonds. The number of aromatic nitrogens is 2. The molecule has 0 spiro atoms. The smallest absolute Gasteiger partial charge is 0.135 e. The molecule has 0 aliphatic carbocycles. The van der Waals surface area contributed by atoms with Gasteiger partial charge in [0.1, 0.15) is 23.7 Å². The van der Waals surface area contributed by atoms with Gasteiger partial charge in [-0.3, -0.25) is 0 Å². The summed E-state index contributed by atoms with van der Waals surface area (Å²) in [6, 6.07) is 16.3. The molecule has 1 heterocycles. The number of anilines is 3. The number of hydrogen-bond donors (Lipinski definition) is 2. The molecule has 5 heteroatoms. The Kier molecular flexibility index (Phi) is 5.69. The van der Waals surface area contributed by atoms with Gasteiger partial charge in [-0.25, -0.2) is 9.97 Å². The largest absolute Gasteiger partial charge is 0.497 e. The monoisotopic (exact) mass is 348 g/mol. The maximum Gasteiger partial charge on any atom is 0.135 e. The summed E-state index contributed by atoms with van der Waals surface area (Å²) in [7, 11) is 1.68. The van der Waals surface area contributed by atoms with Gasteiger partial charge in [0.25, 0.3) is 0 Å². The second kappa shape index (κ2) is 8.34. The Balaban J connectivity index is 1.60. The first-order valence-electron chi connectivity index (χ1n) is 8.67. The summed E-state index contributed by atoms with van der Waals surface area (Å²) < 4.78 is 5.26. The highest BCUT2D eigenvalue weighted by Gasteiger charge is 2.03. The van der Waals surface area contributed by atoms with Gasteiger partial charge in [0, 0.05) is 18.3 Å². The number of hydrogen-bond acceptors (Lipinski definition) is 5. The molecule has 0 aliphatic rings. The average Bonchev–Trinajstić information content (AvgIpc) is 2.65. The highest BCUT2D eigenvalue weighted by molar-refractivity contribution is 5.62. The van der Waals surface area contributed by atoms with Crippen LogP contribution in [0.2, 0.25) is 0 Å². The molecule has 0 atom stereocenters. The lowest BCUT2D eigenvalue weighted by Gasteiger charge is -2.11. The third-order valence-electron chi connectivity index (χ3n) is 4.17. The minimum Gasteiger partial charge on any atom is -0.497 e. The summed E-state index contributed by atoms with van der Waals surface area (Å²) in [6.45, 7) is 4.96. The Morgan fingerprint density at radius 1 is 0.962 bits per heavy atom. The fourth-order valence-corrected chi connectivity index (χ4v) is 2.78. The highest BCUT2D eigenvalue weighted by atomic mass is 16.5. The van der Waals surface area contributed by atoms with Crippen LogP contribution < -0.4 is 15.4 Å². The third kappa shape index (κ3) is 4.72. The van der Waals surface area contributed by atoms with Crippen LogP contribution in [0.5, 0.6) is 5.75 Å². The lowest BCUT2D eigenvalue weighted by Crippen LogP contribution is -2.07. The molecule has 0 saturated heterocycles. The van der Waals surface area contributed by atoms with E-state index < -0.39 is 0 Å². The van der Waals surface area contributed by atoms with E-state index in [9.17, 15) is 0 Å². The summed E-state index contributed by atoms with van der Waals surface area (Å²) >= 11 is 0. The van der Waals surface area contributed by atoms with Crippen LogP contribution in [0.15, 0.2) is 54.9 Å². The van der Waals surface area contributed by atoms with Gasteiger partial charge in [-0.1, -0.05) is 29.8 Å². The van der Waals surface area contributed by atoms with Crippen molar-refractivity contribution in [3.63, 3.8) is 0 Å². The summed E-state index contributed by atoms with van der Waals surface area (Å²) in [5.41, 5.74) is 4.71. The van der Waals surface area contributed by atoms with Crippen molar-refractivity contribution in [3.8, 4) is 5.75 Å². The van der Waals surface area contributed by atoms with Gasteiger partial charge in [-0.2, -0.15) is 0 Å². The first-order valence-corrected chi connectivity index (χ1v) is 8.67. The second-order valence-corrected chi connectivity index (χ2v) is 6.26. The van der Waals surface area contributed by atoms with Crippen molar-refractivity contribution >= 4 is 17.3 Å². The van der Waals surface area contributed by atoms with Crippen molar-refractivity contribution in [2.75, 3.05) is 24.3 Å². The highest BCUT2D eigenvalue weighted by Crippen LogP contribution is 2.21. The molecule has 0 radical (unpaired) electrons. The van der Waals surface area contributed by atoms with E-state index in [1.807, 2.05) is 18.2 Å². The lowest BCUT2D eigenvalue weighted by atomic mass is 10.1. The van der Waals surface area contributed by atoms with Crippen LogP contribution >= 0.6 is 0 Å². The number of methoxy groups -OCH3 is 1. The fourth-order valence-electron chi connectivity index (χ4n) is 2.78. The fraction of sp³-hybridized carbons (Fsp3) is 0.238.